The van der Waals surface area contributed by atoms with Gasteiger partial charge < -0.3 is 0 Å². The van der Waals surface area contributed by atoms with Crippen LogP contribution in [0.2, 0.25) is 0 Å². The molecule has 1 heterocycles. The Hall–Kier alpha value is -1.11. The highest BCUT2D eigenvalue weighted by molar-refractivity contribution is 7.07. The molecule has 1 atom stereocenters. The molecule has 1 unspecified atom stereocenters. The Morgan fingerprint density at radius 3 is 3.17 bits per heavy atom. The Kier molecular flexibility index (Phi) is 3.52. The van der Waals surface area contributed by atoms with E-state index in [2.05, 4.69) is 18.0 Å². The van der Waals surface area contributed by atoms with Crippen LogP contribution in [0.25, 0.3) is 0 Å². The maximum atomic E-state index is 8.78. The first-order valence-electron chi connectivity index (χ1n) is 3.64. The lowest BCUT2D eigenvalue weighted by Crippen LogP contribution is -2.19. The highest BCUT2D eigenvalue weighted by atomic mass is 32.1. The molecular formula is C9H10N2S. The molecule has 62 valence electrons. The Morgan fingerprint density at radius 2 is 2.67 bits per heavy atom. The molecule has 1 rings (SSSR count). The SMILES string of the molecule is C=CCNC(C#N)c1ccsc1. The fraction of sp³-hybridized carbons (Fsp3) is 0.222. The van der Waals surface area contributed by atoms with Crippen molar-refractivity contribution < 1.29 is 0 Å². The zero-order valence-corrected chi connectivity index (χ0v) is 7.47. The molecule has 12 heavy (non-hydrogen) atoms. The Labute approximate surface area is 76.1 Å². The predicted octanol–water partition coefficient (Wildman–Crippen LogP) is 2.09. The van der Waals surface area contributed by atoms with Crippen molar-refractivity contribution in [3.63, 3.8) is 0 Å². The number of nitrogens with one attached hydrogen (secondary N) is 1. The van der Waals surface area contributed by atoms with Gasteiger partial charge in [-0.05, 0) is 22.4 Å². The zero-order chi connectivity index (χ0) is 8.81. The van der Waals surface area contributed by atoms with E-state index in [0.29, 0.717) is 6.54 Å². The van der Waals surface area contributed by atoms with Crippen molar-refractivity contribution in [3.05, 3.63) is 35.0 Å². The molecule has 0 aliphatic heterocycles. The van der Waals surface area contributed by atoms with Crippen LogP contribution in [0.15, 0.2) is 29.5 Å². The summed E-state index contributed by atoms with van der Waals surface area (Å²) in [5, 5.41) is 15.8. The minimum atomic E-state index is -0.200. The number of hydrogen-bond donors (Lipinski definition) is 1. The second-order valence-corrected chi connectivity index (χ2v) is 3.10. The van der Waals surface area contributed by atoms with Crippen LogP contribution in [-0.4, -0.2) is 6.54 Å². The Balaban J connectivity index is 2.59. The van der Waals surface area contributed by atoms with E-state index in [1.807, 2.05) is 16.8 Å². The maximum absolute atomic E-state index is 8.78. The summed E-state index contributed by atoms with van der Waals surface area (Å²) in [7, 11) is 0. The summed E-state index contributed by atoms with van der Waals surface area (Å²) in [6, 6.07) is 3.94. The van der Waals surface area contributed by atoms with Gasteiger partial charge in [0.05, 0.1) is 6.07 Å². The molecule has 0 saturated carbocycles. The Morgan fingerprint density at radius 1 is 1.83 bits per heavy atom. The van der Waals surface area contributed by atoms with Crippen molar-refractivity contribution >= 4 is 11.3 Å². The molecule has 1 N–H and O–H groups in total. The first-order valence-corrected chi connectivity index (χ1v) is 4.58. The lowest BCUT2D eigenvalue weighted by molar-refractivity contribution is 0.685. The van der Waals surface area contributed by atoms with Crippen LogP contribution in [0, 0.1) is 11.3 Å². The third-order valence-electron chi connectivity index (χ3n) is 1.47. The fourth-order valence-electron chi connectivity index (χ4n) is 0.878. The van der Waals surface area contributed by atoms with Crippen LogP contribution in [0.4, 0.5) is 0 Å². The predicted molar refractivity (Wildman–Crippen MR) is 50.9 cm³/mol. The van der Waals surface area contributed by atoms with E-state index in [0.717, 1.165) is 5.56 Å². The van der Waals surface area contributed by atoms with E-state index in [1.165, 1.54) is 0 Å². The van der Waals surface area contributed by atoms with Gasteiger partial charge in [0, 0.05) is 6.54 Å². The van der Waals surface area contributed by atoms with Gasteiger partial charge in [0.25, 0.3) is 0 Å². The van der Waals surface area contributed by atoms with Crippen LogP contribution in [0.1, 0.15) is 11.6 Å². The summed E-state index contributed by atoms with van der Waals surface area (Å²) >= 11 is 1.60. The monoisotopic (exact) mass is 178 g/mol. The second kappa shape index (κ2) is 4.70. The Bertz CT molecular complexity index is 271. The van der Waals surface area contributed by atoms with Crippen LogP contribution in [-0.2, 0) is 0 Å². The quantitative estimate of drug-likeness (QED) is 0.716. The topological polar surface area (TPSA) is 35.8 Å². The molecule has 1 aromatic heterocycles. The standard InChI is InChI=1S/C9H10N2S/c1-2-4-11-9(6-10)8-3-5-12-7-8/h2-3,5,7,9,11H,1,4H2. The first-order chi connectivity index (χ1) is 5.88. The number of nitrogens with zero attached hydrogens (tertiary/aromatic N) is 1. The molecule has 3 heteroatoms. The fourth-order valence-corrected chi connectivity index (χ4v) is 1.56. The molecule has 0 fully saturated rings. The van der Waals surface area contributed by atoms with Crippen molar-refractivity contribution in [2.75, 3.05) is 6.54 Å². The van der Waals surface area contributed by atoms with Crippen LogP contribution in [0.3, 0.4) is 0 Å². The second-order valence-electron chi connectivity index (χ2n) is 2.32. The normalized spacial score (nSPS) is 11.9. The maximum Gasteiger partial charge on any atom is 0.122 e. The van der Waals surface area contributed by atoms with E-state index >= 15 is 0 Å². The minimum Gasteiger partial charge on any atom is -0.295 e. The van der Waals surface area contributed by atoms with E-state index in [4.69, 9.17) is 5.26 Å². The highest BCUT2D eigenvalue weighted by Gasteiger charge is 2.07. The van der Waals surface area contributed by atoms with E-state index in [9.17, 15) is 0 Å². The lowest BCUT2D eigenvalue weighted by Gasteiger charge is -2.06. The van der Waals surface area contributed by atoms with Gasteiger partial charge in [-0.2, -0.15) is 16.6 Å². The minimum absolute atomic E-state index is 0.200. The molecule has 0 bridgehead atoms. The van der Waals surface area contributed by atoms with Gasteiger partial charge in [-0.25, -0.2) is 0 Å². The molecule has 0 spiro atoms. The number of thiophene rings is 1. The van der Waals surface area contributed by atoms with E-state index in [1.54, 1.807) is 17.4 Å². The molecule has 0 aromatic carbocycles. The van der Waals surface area contributed by atoms with E-state index < -0.39 is 0 Å². The van der Waals surface area contributed by atoms with Crippen molar-refractivity contribution in [1.29, 1.82) is 5.26 Å². The summed E-state index contributed by atoms with van der Waals surface area (Å²) in [4.78, 5) is 0. The molecule has 0 aliphatic rings. The highest BCUT2D eigenvalue weighted by Crippen LogP contribution is 2.14. The number of nitriles is 1. The first kappa shape index (κ1) is 8.98. The van der Waals surface area contributed by atoms with E-state index in [-0.39, 0.29) is 6.04 Å². The van der Waals surface area contributed by atoms with Crippen molar-refractivity contribution in [2.45, 2.75) is 6.04 Å². The number of rotatable bonds is 4. The van der Waals surface area contributed by atoms with Crippen molar-refractivity contribution in [2.24, 2.45) is 0 Å². The third kappa shape index (κ3) is 2.19. The third-order valence-corrected chi connectivity index (χ3v) is 2.17. The molecule has 0 aliphatic carbocycles. The lowest BCUT2D eigenvalue weighted by atomic mass is 10.2. The molecule has 1 aromatic rings. The number of hydrogen-bond acceptors (Lipinski definition) is 3. The zero-order valence-electron chi connectivity index (χ0n) is 6.66. The van der Waals surface area contributed by atoms with Gasteiger partial charge in [-0.15, -0.1) is 6.58 Å². The molecule has 0 radical (unpaired) electrons. The average molecular weight is 178 g/mol. The summed E-state index contributed by atoms with van der Waals surface area (Å²) in [6.45, 7) is 4.24. The van der Waals surface area contributed by atoms with Gasteiger partial charge in [-0.1, -0.05) is 6.08 Å². The molecule has 2 nitrogen and oxygen atoms in total. The summed E-state index contributed by atoms with van der Waals surface area (Å²) in [6.07, 6.45) is 1.75. The smallest absolute Gasteiger partial charge is 0.122 e. The van der Waals surface area contributed by atoms with Crippen LogP contribution in [0.5, 0.6) is 0 Å². The molecule has 0 saturated heterocycles. The van der Waals surface area contributed by atoms with Crippen molar-refractivity contribution in [1.82, 2.24) is 5.32 Å². The summed E-state index contributed by atoms with van der Waals surface area (Å²) in [5.74, 6) is 0. The van der Waals surface area contributed by atoms with Gasteiger partial charge in [0.2, 0.25) is 0 Å². The van der Waals surface area contributed by atoms with Gasteiger partial charge in [0.1, 0.15) is 6.04 Å². The van der Waals surface area contributed by atoms with Gasteiger partial charge in [0.15, 0.2) is 0 Å². The molecule has 0 amide bonds. The van der Waals surface area contributed by atoms with Gasteiger partial charge in [-0.3, -0.25) is 5.32 Å². The average Bonchev–Trinajstić information content (AvgIpc) is 2.59. The van der Waals surface area contributed by atoms with Crippen LogP contribution < -0.4 is 5.32 Å². The molecular weight excluding hydrogens is 168 g/mol. The van der Waals surface area contributed by atoms with Crippen LogP contribution >= 0.6 is 11.3 Å². The summed E-state index contributed by atoms with van der Waals surface area (Å²) in [5.41, 5.74) is 1.03. The largest absolute Gasteiger partial charge is 0.295 e. The summed E-state index contributed by atoms with van der Waals surface area (Å²) < 4.78 is 0. The van der Waals surface area contributed by atoms with Gasteiger partial charge >= 0.3 is 0 Å². The van der Waals surface area contributed by atoms with Crippen molar-refractivity contribution in [3.8, 4) is 6.07 Å².